The van der Waals surface area contributed by atoms with E-state index < -0.39 is 6.29 Å². The van der Waals surface area contributed by atoms with Crippen molar-refractivity contribution in [3.63, 3.8) is 0 Å². The predicted octanol–water partition coefficient (Wildman–Crippen LogP) is 9.24. The maximum absolute atomic E-state index is 12.9. The van der Waals surface area contributed by atoms with Crippen LogP contribution in [0.1, 0.15) is 60.8 Å². The highest BCUT2D eigenvalue weighted by Crippen LogP contribution is 2.42. The highest BCUT2D eigenvalue weighted by Gasteiger charge is 2.39. The van der Waals surface area contributed by atoms with E-state index in [0.29, 0.717) is 18.0 Å². The van der Waals surface area contributed by atoms with E-state index in [1.165, 1.54) is 19.3 Å². The van der Waals surface area contributed by atoms with Gasteiger partial charge in [0.15, 0.2) is 6.29 Å². The van der Waals surface area contributed by atoms with Crippen LogP contribution in [-0.2, 0) is 22.6 Å². The van der Waals surface area contributed by atoms with Gasteiger partial charge in [-0.25, -0.2) is 4.79 Å². The molecule has 2 aliphatic heterocycles. The van der Waals surface area contributed by atoms with Crippen molar-refractivity contribution in [2.24, 2.45) is 5.92 Å². The second-order valence-corrected chi connectivity index (χ2v) is 13.7. The van der Waals surface area contributed by atoms with Gasteiger partial charge in [0.05, 0.1) is 18.8 Å². The Bertz CT molecular complexity index is 1880. The SMILES string of the molecule is C[C@H]1[C@@H](CN2CCCCC2)O[C@@H](c2ccc(-c3ccccc3CNC(=O)Nc3ccc(Oc4ccccc4)cc3)cc2)O[C@H]1c1ccc(CO)cc1. The third-order valence-electron chi connectivity index (χ3n) is 10.1. The largest absolute Gasteiger partial charge is 0.457 e. The van der Waals surface area contributed by atoms with E-state index in [4.69, 9.17) is 14.2 Å². The quantitative estimate of drug-likeness (QED) is 0.128. The minimum absolute atomic E-state index is 0.0116. The Morgan fingerprint density at radius 2 is 1.44 bits per heavy atom. The van der Waals surface area contributed by atoms with Gasteiger partial charge in [-0.1, -0.05) is 104 Å². The average molecular weight is 698 g/mol. The van der Waals surface area contributed by atoms with Crippen molar-refractivity contribution in [2.45, 2.75) is 57.8 Å². The molecule has 5 aromatic carbocycles. The van der Waals surface area contributed by atoms with Gasteiger partial charge in [0, 0.05) is 30.3 Å². The van der Waals surface area contributed by atoms with Crippen LogP contribution in [0.5, 0.6) is 11.5 Å². The fraction of sp³-hybridized carbons (Fsp3) is 0.295. The molecule has 2 aliphatic rings. The zero-order chi connectivity index (χ0) is 35.7. The molecule has 0 bridgehead atoms. The summed E-state index contributed by atoms with van der Waals surface area (Å²) in [6.45, 7) is 5.70. The summed E-state index contributed by atoms with van der Waals surface area (Å²) >= 11 is 0. The normalized spacial score (nSPS) is 20.6. The first kappa shape index (κ1) is 35.4. The Morgan fingerprint density at radius 1 is 0.769 bits per heavy atom. The van der Waals surface area contributed by atoms with Crippen molar-refractivity contribution in [3.05, 3.63) is 150 Å². The summed E-state index contributed by atoms with van der Waals surface area (Å²) in [5.74, 6) is 1.60. The van der Waals surface area contributed by atoms with Crippen LogP contribution in [0.25, 0.3) is 11.1 Å². The number of hydrogen-bond acceptors (Lipinski definition) is 6. The number of hydrogen-bond donors (Lipinski definition) is 3. The number of para-hydroxylation sites is 1. The molecule has 3 N–H and O–H groups in total. The van der Waals surface area contributed by atoms with E-state index in [0.717, 1.165) is 58.8 Å². The zero-order valence-electron chi connectivity index (χ0n) is 29.6. The predicted molar refractivity (Wildman–Crippen MR) is 204 cm³/mol. The molecule has 52 heavy (non-hydrogen) atoms. The van der Waals surface area contributed by atoms with Gasteiger partial charge >= 0.3 is 6.03 Å². The Balaban J connectivity index is 1.01. The summed E-state index contributed by atoms with van der Waals surface area (Å²) in [4.78, 5) is 15.4. The van der Waals surface area contributed by atoms with Gasteiger partial charge in [-0.15, -0.1) is 0 Å². The van der Waals surface area contributed by atoms with Crippen LogP contribution in [0.3, 0.4) is 0 Å². The van der Waals surface area contributed by atoms with Gasteiger partial charge in [0.25, 0.3) is 0 Å². The van der Waals surface area contributed by atoms with E-state index in [1.807, 2.05) is 84.9 Å². The summed E-state index contributed by atoms with van der Waals surface area (Å²) in [6, 6.07) is 41.1. The molecule has 268 valence electrons. The lowest BCUT2D eigenvalue weighted by molar-refractivity contribution is -0.276. The molecule has 5 aromatic rings. The number of amides is 2. The highest BCUT2D eigenvalue weighted by atomic mass is 16.7. The summed E-state index contributed by atoms with van der Waals surface area (Å²) in [6.07, 6.45) is 3.12. The van der Waals surface area contributed by atoms with Gasteiger partial charge in [-0.05, 0) is 90.1 Å². The lowest BCUT2D eigenvalue weighted by atomic mass is 9.89. The molecular formula is C44H47N3O5. The number of rotatable bonds is 11. The van der Waals surface area contributed by atoms with Crippen molar-refractivity contribution in [1.82, 2.24) is 10.2 Å². The first-order valence-electron chi connectivity index (χ1n) is 18.3. The fourth-order valence-corrected chi connectivity index (χ4v) is 7.08. The lowest BCUT2D eigenvalue weighted by Gasteiger charge is -2.43. The number of aliphatic hydroxyl groups is 1. The van der Waals surface area contributed by atoms with Gasteiger partial charge in [0.1, 0.15) is 11.5 Å². The van der Waals surface area contributed by atoms with Crippen LogP contribution >= 0.6 is 0 Å². The topological polar surface area (TPSA) is 92.3 Å². The molecule has 0 aromatic heterocycles. The summed E-state index contributed by atoms with van der Waals surface area (Å²) in [5.41, 5.74) is 6.71. The number of nitrogens with zero attached hydrogens (tertiary/aromatic N) is 1. The Kier molecular flexibility index (Phi) is 11.6. The van der Waals surface area contributed by atoms with Gasteiger partial charge < -0.3 is 34.9 Å². The molecule has 4 atom stereocenters. The summed E-state index contributed by atoms with van der Waals surface area (Å²) < 4.78 is 19.3. The van der Waals surface area contributed by atoms with E-state index >= 15 is 0 Å². The van der Waals surface area contributed by atoms with Crippen LogP contribution in [-0.4, -0.2) is 41.8 Å². The second kappa shape index (κ2) is 17.0. The van der Waals surface area contributed by atoms with E-state index in [1.54, 1.807) is 0 Å². The third-order valence-corrected chi connectivity index (χ3v) is 10.1. The number of anilines is 1. The minimum Gasteiger partial charge on any atom is -0.457 e. The molecule has 0 saturated carbocycles. The highest BCUT2D eigenvalue weighted by molar-refractivity contribution is 5.89. The van der Waals surface area contributed by atoms with E-state index in [2.05, 4.69) is 64.9 Å². The van der Waals surface area contributed by atoms with Gasteiger partial charge in [-0.2, -0.15) is 0 Å². The maximum Gasteiger partial charge on any atom is 0.319 e. The molecule has 7 rings (SSSR count). The average Bonchev–Trinajstić information content (AvgIpc) is 3.20. The molecule has 0 spiro atoms. The molecule has 0 unspecified atom stereocenters. The van der Waals surface area contributed by atoms with Crippen molar-refractivity contribution in [2.75, 3.05) is 25.0 Å². The smallest absolute Gasteiger partial charge is 0.319 e. The number of carbonyl (C=O) groups excluding carboxylic acids is 1. The number of ether oxygens (including phenoxy) is 3. The summed E-state index contributed by atoms with van der Waals surface area (Å²) in [7, 11) is 0. The number of benzene rings is 5. The molecule has 8 nitrogen and oxygen atoms in total. The minimum atomic E-state index is -0.512. The van der Waals surface area contributed by atoms with Crippen molar-refractivity contribution < 1.29 is 24.1 Å². The number of nitrogens with one attached hydrogen (secondary N) is 2. The van der Waals surface area contributed by atoms with Gasteiger partial charge in [-0.3, -0.25) is 0 Å². The number of aliphatic hydroxyl groups excluding tert-OH is 1. The molecule has 2 heterocycles. The lowest BCUT2D eigenvalue weighted by Crippen LogP contribution is -2.45. The van der Waals surface area contributed by atoms with E-state index in [9.17, 15) is 9.90 Å². The number of piperidine rings is 1. The standard InChI is InChI=1S/C44H47N3O5/c1-31-41(29-47-26-8-3-9-27-47)51-43(52-42(31)34-16-14-32(30-48)15-17-34)35-20-18-33(19-21-35)40-13-7-6-10-36(40)28-45-44(49)46-37-22-24-39(25-23-37)50-38-11-4-2-5-12-38/h2,4-7,10-25,31,41-43,48H,3,8-9,26-30H2,1H3,(H2,45,46,49)/t31-,41+,42+,43+/m0/s1. The molecule has 2 fully saturated rings. The Morgan fingerprint density at radius 3 is 2.17 bits per heavy atom. The molecule has 0 radical (unpaired) electrons. The van der Waals surface area contributed by atoms with Crippen LogP contribution in [0.4, 0.5) is 10.5 Å². The first-order valence-corrected chi connectivity index (χ1v) is 18.3. The molecule has 0 aliphatic carbocycles. The molecule has 2 saturated heterocycles. The van der Waals surface area contributed by atoms with Crippen LogP contribution in [0.15, 0.2) is 127 Å². The van der Waals surface area contributed by atoms with Crippen LogP contribution in [0.2, 0.25) is 0 Å². The maximum atomic E-state index is 12.9. The fourth-order valence-electron chi connectivity index (χ4n) is 7.08. The molecule has 8 heteroatoms. The Hall–Kier alpha value is -4.99. The number of likely N-dealkylation sites (tertiary alicyclic amines) is 1. The third kappa shape index (κ3) is 8.89. The number of urea groups is 1. The van der Waals surface area contributed by atoms with Crippen molar-refractivity contribution in [3.8, 4) is 22.6 Å². The zero-order valence-corrected chi connectivity index (χ0v) is 29.6. The van der Waals surface area contributed by atoms with Crippen molar-refractivity contribution in [1.29, 1.82) is 0 Å². The molecular weight excluding hydrogens is 651 g/mol. The number of carbonyl (C=O) groups is 1. The monoisotopic (exact) mass is 697 g/mol. The molecule has 2 amide bonds. The van der Waals surface area contributed by atoms with Crippen LogP contribution < -0.4 is 15.4 Å². The first-order chi connectivity index (χ1) is 25.5. The van der Waals surface area contributed by atoms with Crippen LogP contribution in [0, 0.1) is 5.92 Å². The van der Waals surface area contributed by atoms with Crippen molar-refractivity contribution >= 4 is 11.7 Å². The second-order valence-electron chi connectivity index (χ2n) is 13.7. The Labute approximate surface area is 306 Å². The van der Waals surface area contributed by atoms with Gasteiger partial charge in [0.2, 0.25) is 0 Å². The summed E-state index contributed by atoms with van der Waals surface area (Å²) in [5, 5.41) is 15.5. The van der Waals surface area contributed by atoms with E-state index in [-0.39, 0.29) is 30.8 Å².